The molecule has 0 atom stereocenters. The third-order valence-corrected chi connectivity index (χ3v) is 3.33. The standard InChI is InChI=1S/C14H14F2N4/c15-12-10(14-18-4-1-5-19-14)2-3-11(13(12)16)20-8-6-17-7-9-20/h1-5,17H,6-9H2. The van der Waals surface area contributed by atoms with Crippen molar-refractivity contribution in [3.05, 3.63) is 42.2 Å². The van der Waals surface area contributed by atoms with Crippen LogP contribution < -0.4 is 10.2 Å². The maximum atomic E-state index is 14.2. The number of hydrogen-bond acceptors (Lipinski definition) is 4. The largest absolute Gasteiger partial charge is 0.367 e. The zero-order valence-electron chi connectivity index (χ0n) is 10.8. The Morgan fingerprint density at radius 1 is 1.00 bits per heavy atom. The molecule has 2 aromatic rings. The molecule has 6 heteroatoms. The smallest absolute Gasteiger partial charge is 0.182 e. The summed E-state index contributed by atoms with van der Waals surface area (Å²) in [6.45, 7) is 2.87. The lowest BCUT2D eigenvalue weighted by molar-refractivity contribution is 0.501. The van der Waals surface area contributed by atoms with Gasteiger partial charge in [0.25, 0.3) is 0 Å². The van der Waals surface area contributed by atoms with Crippen molar-refractivity contribution in [2.24, 2.45) is 0 Å². The number of aromatic nitrogens is 2. The van der Waals surface area contributed by atoms with Gasteiger partial charge in [-0.05, 0) is 18.2 Å². The Balaban J connectivity index is 1.98. The van der Waals surface area contributed by atoms with E-state index in [2.05, 4.69) is 15.3 Å². The molecule has 3 rings (SSSR count). The van der Waals surface area contributed by atoms with Crippen LogP contribution in [0.15, 0.2) is 30.6 Å². The monoisotopic (exact) mass is 276 g/mol. The number of halogens is 2. The van der Waals surface area contributed by atoms with Crippen molar-refractivity contribution >= 4 is 5.69 Å². The van der Waals surface area contributed by atoms with Crippen molar-refractivity contribution in [2.45, 2.75) is 0 Å². The van der Waals surface area contributed by atoms with E-state index in [1.54, 1.807) is 12.1 Å². The molecular formula is C14H14F2N4. The Kier molecular flexibility index (Phi) is 3.56. The van der Waals surface area contributed by atoms with Gasteiger partial charge < -0.3 is 10.2 Å². The van der Waals surface area contributed by atoms with Gasteiger partial charge in [0.2, 0.25) is 0 Å². The van der Waals surface area contributed by atoms with E-state index in [0.717, 1.165) is 13.1 Å². The van der Waals surface area contributed by atoms with Gasteiger partial charge in [-0.25, -0.2) is 18.7 Å². The topological polar surface area (TPSA) is 41.1 Å². The summed E-state index contributed by atoms with van der Waals surface area (Å²) in [6, 6.07) is 4.76. The molecule has 104 valence electrons. The molecule has 0 radical (unpaired) electrons. The third kappa shape index (κ3) is 2.34. The second kappa shape index (κ2) is 5.50. The lowest BCUT2D eigenvalue weighted by Gasteiger charge is -2.29. The van der Waals surface area contributed by atoms with Crippen molar-refractivity contribution in [2.75, 3.05) is 31.1 Å². The summed E-state index contributed by atoms with van der Waals surface area (Å²) >= 11 is 0. The molecule has 20 heavy (non-hydrogen) atoms. The van der Waals surface area contributed by atoms with Crippen LogP contribution >= 0.6 is 0 Å². The molecule has 0 unspecified atom stereocenters. The fraction of sp³-hybridized carbons (Fsp3) is 0.286. The highest BCUT2D eigenvalue weighted by molar-refractivity contribution is 5.62. The number of nitrogens with one attached hydrogen (secondary N) is 1. The van der Waals surface area contributed by atoms with Crippen LogP contribution in [0.25, 0.3) is 11.4 Å². The highest BCUT2D eigenvalue weighted by Crippen LogP contribution is 2.28. The van der Waals surface area contributed by atoms with E-state index in [1.807, 2.05) is 4.90 Å². The molecule has 1 aromatic carbocycles. The van der Waals surface area contributed by atoms with Gasteiger partial charge in [0.15, 0.2) is 17.5 Å². The summed E-state index contributed by atoms with van der Waals surface area (Å²) in [5, 5.41) is 3.18. The number of piperazine rings is 1. The highest BCUT2D eigenvalue weighted by atomic mass is 19.2. The number of rotatable bonds is 2. The molecule has 0 bridgehead atoms. The van der Waals surface area contributed by atoms with E-state index in [4.69, 9.17) is 0 Å². The van der Waals surface area contributed by atoms with E-state index in [-0.39, 0.29) is 11.4 Å². The minimum absolute atomic E-state index is 0.0852. The second-order valence-corrected chi connectivity index (χ2v) is 4.57. The first-order valence-electron chi connectivity index (χ1n) is 6.48. The van der Waals surface area contributed by atoms with Crippen LogP contribution in [0.5, 0.6) is 0 Å². The SMILES string of the molecule is Fc1c(-c2ncccn2)ccc(N2CCNCC2)c1F. The van der Waals surface area contributed by atoms with Gasteiger partial charge in [0.05, 0.1) is 11.3 Å². The van der Waals surface area contributed by atoms with Gasteiger partial charge in [-0.3, -0.25) is 0 Å². The summed E-state index contributed by atoms with van der Waals surface area (Å²) < 4.78 is 28.4. The summed E-state index contributed by atoms with van der Waals surface area (Å²) in [5.41, 5.74) is 0.380. The summed E-state index contributed by atoms with van der Waals surface area (Å²) in [7, 11) is 0. The number of benzene rings is 1. The lowest BCUT2D eigenvalue weighted by atomic mass is 10.1. The summed E-state index contributed by atoms with van der Waals surface area (Å²) in [6.07, 6.45) is 3.01. The van der Waals surface area contributed by atoms with Gasteiger partial charge in [-0.2, -0.15) is 0 Å². The Morgan fingerprint density at radius 3 is 2.40 bits per heavy atom. The zero-order valence-corrected chi connectivity index (χ0v) is 10.8. The Bertz CT molecular complexity index is 598. The Hall–Kier alpha value is -2.08. The van der Waals surface area contributed by atoms with Gasteiger partial charge >= 0.3 is 0 Å². The average Bonchev–Trinajstić information content (AvgIpc) is 2.52. The van der Waals surface area contributed by atoms with Crippen molar-refractivity contribution in [1.82, 2.24) is 15.3 Å². The van der Waals surface area contributed by atoms with Gasteiger partial charge in [-0.15, -0.1) is 0 Å². The highest BCUT2D eigenvalue weighted by Gasteiger charge is 2.20. The van der Waals surface area contributed by atoms with Crippen molar-refractivity contribution < 1.29 is 8.78 Å². The predicted octanol–water partition coefficient (Wildman–Crippen LogP) is 1.83. The number of anilines is 1. The molecule has 1 aromatic heterocycles. The van der Waals surface area contributed by atoms with Crippen molar-refractivity contribution in [3.63, 3.8) is 0 Å². The first kappa shape index (κ1) is 12.9. The van der Waals surface area contributed by atoms with Crippen LogP contribution in [-0.4, -0.2) is 36.1 Å². The van der Waals surface area contributed by atoms with Gasteiger partial charge in [0, 0.05) is 38.6 Å². The fourth-order valence-electron chi connectivity index (χ4n) is 2.30. The molecular weight excluding hydrogens is 262 g/mol. The van der Waals surface area contributed by atoms with Gasteiger partial charge in [0.1, 0.15) is 0 Å². The van der Waals surface area contributed by atoms with E-state index < -0.39 is 11.6 Å². The van der Waals surface area contributed by atoms with Crippen LogP contribution in [0.4, 0.5) is 14.5 Å². The van der Waals surface area contributed by atoms with Crippen molar-refractivity contribution in [3.8, 4) is 11.4 Å². The molecule has 1 saturated heterocycles. The lowest BCUT2D eigenvalue weighted by Crippen LogP contribution is -2.44. The Morgan fingerprint density at radius 2 is 1.70 bits per heavy atom. The zero-order chi connectivity index (χ0) is 13.9. The van der Waals surface area contributed by atoms with E-state index in [1.165, 1.54) is 18.5 Å². The van der Waals surface area contributed by atoms with Crippen LogP contribution in [-0.2, 0) is 0 Å². The molecule has 0 amide bonds. The predicted molar refractivity (Wildman–Crippen MR) is 72.5 cm³/mol. The van der Waals surface area contributed by atoms with Crippen LogP contribution in [0.2, 0.25) is 0 Å². The molecule has 1 N–H and O–H groups in total. The van der Waals surface area contributed by atoms with Crippen LogP contribution in [0.3, 0.4) is 0 Å². The van der Waals surface area contributed by atoms with E-state index in [0.29, 0.717) is 18.8 Å². The Labute approximate surface area is 115 Å². The summed E-state index contributed by atoms with van der Waals surface area (Å²) in [4.78, 5) is 9.74. The van der Waals surface area contributed by atoms with E-state index >= 15 is 0 Å². The summed E-state index contributed by atoms with van der Waals surface area (Å²) in [5.74, 6) is -1.54. The molecule has 0 saturated carbocycles. The van der Waals surface area contributed by atoms with Gasteiger partial charge in [-0.1, -0.05) is 0 Å². The quantitative estimate of drug-likeness (QED) is 0.908. The maximum absolute atomic E-state index is 14.2. The van der Waals surface area contributed by atoms with Crippen LogP contribution in [0, 0.1) is 11.6 Å². The molecule has 1 fully saturated rings. The second-order valence-electron chi connectivity index (χ2n) is 4.57. The van der Waals surface area contributed by atoms with E-state index in [9.17, 15) is 8.78 Å². The van der Waals surface area contributed by atoms with Crippen molar-refractivity contribution in [1.29, 1.82) is 0 Å². The molecule has 1 aliphatic rings. The average molecular weight is 276 g/mol. The molecule has 1 aliphatic heterocycles. The minimum atomic E-state index is -0.896. The molecule has 0 spiro atoms. The molecule has 4 nitrogen and oxygen atoms in total. The molecule has 2 heterocycles. The fourth-order valence-corrected chi connectivity index (χ4v) is 2.30. The van der Waals surface area contributed by atoms with Crippen LogP contribution in [0.1, 0.15) is 0 Å². The normalized spacial score (nSPS) is 15.4. The number of nitrogens with zero attached hydrogens (tertiary/aromatic N) is 3. The molecule has 0 aliphatic carbocycles. The first-order chi connectivity index (χ1) is 9.77. The first-order valence-corrected chi connectivity index (χ1v) is 6.48. The maximum Gasteiger partial charge on any atom is 0.182 e. The number of hydrogen-bond donors (Lipinski definition) is 1. The third-order valence-electron chi connectivity index (χ3n) is 3.33. The minimum Gasteiger partial charge on any atom is -0.367 e.